The van der Waals surface area contributed by atoms with Crippen molar-refractivity contribution >= 4 is 28.4 Å². The van der Waals surface area contributed by atoms with Crippen molar-refractivity contribution < 1.29 is 0 Å². The third-order valence-corrected chi connectivity index (χ3v) is 3.01. The molecule has 4 N–H and O–H groups in total. The number of nitrogens with zero attached hydrogens (tertiary/aromatic N) is 3. The van der Waals surface area contributed by atoms with Gasteiger partial charge in [-0.15, -0.1) is 0 Å². The molecule has 0 fully saturated rings. The number of nitrogens with one attached hydrogen (secondary N) is 2. The predicted octanol–water partition coefficient (Wildman–Crippen LogP) is 0.343. The Morgan fingerprint density at radius 1 is 1.33 bits per heavy atom. The van der Waals surface area contributed by atoms with Crippen molar-refractivity contribution in [1.29, 1.82) is 0 Å². The summed E-state index contributed by atoms with van der Waals surface area (Å²) >= 11 is 0. The Balaban J connectivity index is 2.11. The summed E-state index contributed by atoms with van der Waals surface area (Å²) in [6.07, 6.45) is 3.03. The Labute approximate surface area is 118 Å². The van der Waals surface area contributed by atoms with Crippen LogP contribution in [0.5, 0.6) is 0 Å². The van der Waals surface area contributed by atoms with E-state index in [4.69, 9.17) is 5.73 Å². The van der Waals surface area contributed by atoms with E-state index in [1.165, 1.54) is 16.8 Å². The topological polar surface area (TPSA) is 119 Å². The minimum Gasteiger partial charge on any atom is -0.383 e. The third kappa shape index (κ3) is 2.34. The minimum absolute atomic E-state index is 0.120. The highest BCUT2D eigenvalue weighted by molar-refractivity contribution is 5.92. The Hall–Kier alpha value is -3.16. The zero-order chi connectivity index (χ0) is 15.0. The van der Waals surface area contributed by atoms with Crippen LogP contribution in [0.3, 0.4) is 0 Å². The summed E-state index contributed by atoms with van der Waals surface area (Å²) in [5, 5.41) is 3.87. The second-order valence-corrected chi connectivity index (χ2v) is 4.50. The van der Waals surface area contributed by atoms with Crippen LogP contribution in [0.1, 0.15) is 0 Å². The molecular weight excluding hydrogens is 272 g/mol. The number of H-pyrrole nitrogens is 1. The number of hydrogen-bond acceptors (Lipinski definition) is 6. The van der Waals surface area contributed by atoms with Crippen molar-refractivity contribution in [3.63, 3.8) is 0 Å². The molecule has 0 aliphatic heterocycles. The van der Waals surface area contributed by atoms with E-state index in [1.807, 2.05) is 0 Å². The molecule has 0 saturated carbocycles. The third-order valence-electron chi connectivity index (χ3n) is 3.01. The van der Waals surface area contributed by atoms with Crippen LogP contribution in [0.25, 0.3) is 10.8 Å². The summed E-state index contributed by atoms with van der Waals surface area (Å²) in [5.41, 5.74) is 5.36. The smallest absolute Gasteiger partial charge is 0.261 e. The molecule has 3 aromatic heterocycles. The average Bonchev–Trinajstić information content (AvgIpc) is 2.42. The highest BCUT2D eigenvalue weighted by Gasteiger charge is 2.09. The second-order valence-electron chi connectivity index (χ2n) is 4.50. The number of hydrogen-bond donors (Lipinski definition) is 3. The molecule has 21 heavy (non-hydrogen) atoms. The zero-order valence-electron chi connectivity index (χ0n) is 11.1. The molecule has 0 saturated heterocycles. The fourth-order valence-corrected chi connectivity index (χ4v) is 2.00. The van der Waals surface area contributed by atoms with E-state index in [0.717, 1.165) is 0 Å². The Kier molecular flexibility index (Phi) is 2.90. The van der Waals surface area contributed by atoms with Crippen LogP contribution in [0.2, 0.25) is 0 Å². The summed E-state index contributed by atoms with van der Waals surface area (Å²) in [7, 11) is 1.64. The largest absolute Gasteiger partial charge is 0.383 e. The van der Waals surface area contributed by atoms with Crippen molar-refractivity contribution in [3.05, 3.63) is 51.3 Å². The first kappa shape index (κ1) is 12.9. The molecule has 3 heterocycles. The molecular formula is C13H12N6O2. The zero-order valence-corrected chi connectivity index (χ0v) is 11.1. The lowest BCUT2D eigenvalue weighted by Gasteiger charge is -2.08. The number of aromatic nitrogens is 4. The van der Waals surface area contributed by atoms with Crippen molar-refractivity contribution in [2.24, 2.45) is 7.05 Å². The van der Waals surface area contributed by atoms with Gasteiger partial charge in [0.2, 0.25) is 5.95 Å². The normalized spacial score (nSPS) is 10.7. The maximum absolute atomic E-state index is 12.0. The van der Waals surface area contributed by atoms with Gasteiger partial charge < -0.3 is 15.6 Å². The number of fused-ring (bicyclic) bond motifs is 1. The number of aryl methyl sites for hydroxylation is 1. The Morgan fingerprint density at radius 3 is 2.90 bits per heavy atom. The lowest BCUT2D eigenvalue weighted by atomic mass is 10.2. The highest BCUT2D eigenvalue weighted by atomic mass is 16.1. The lowest BCUT2D eigenvalue weighted by molar-refractivity contribution is 0.873. The molecule has 8 heteroatoms. The molecule has 0 radical (unpaired) electrons. The lowest BCUT2D eigenvalue weighted by Crippen LogP contribution is -2.17. The Bertz CT molecular complexity index is 943. The van der Waals surface area contributed by atoms with E-state index >= 15 is 0 Å². The number of pyridine rings is 2. The molecule has 0 unspecified atom stereocenters. The van der Waals surface area contributed by atoms with Gasteiger partial charge in [0, 0.05) is 25.5 Å². The SMILES string of the molecule is Cn1ccc2cc(Nc3nccc(=O)[nH]3)nc(N)c2c1=O. The molecule has 0 bridgehead atoms. The summed E-state index contributed by atoms with van der Waals surface area (Å²) in [6, 6.07) is 4.73. The summed E-state index contributed by atoms with van der Waals surface area (Å²) in [6.45, 7) is 0. The van der Waals surface area contributed by atoms with Crippen LogP contribution < -0.4 is 22.2 Å². The van der Waals surface area contributed by atoms with Crippen LogP contribution in [0.4, 0.5) is 17.6 Å². The maximum Gasteiger partial charge on any atom is 0.261 e. The predicted molar refractivity (Wildman–Crippen MR) is 79.5 cm³/mol. The fraction of sp³-hybridized carbons (Fsp3) is 0.0769. The first-order valence-corrected chi connectivity index (χ1v) is 6.13. The number of nitrogen functional groups attached to an aromatic ring is 1. The van der Waals surface area contributed by atoms with Gasteiger partial charge in [0.15, 0.2) is 0 Å². The second kappa shape index (κ2) is 4.75. The quantitative estimate of drug-likeness (QED) is 0.624. The number of rotatable bonds is 2. The van der Waals surface area contributed by atoms with E-state index in [1.54, 1.807) is 25.4 Å². The molecule has 0 aromatic carbocycles. The first-order chi connectivity index (χ1) is 10.0. The van der Waals surface area contributed by atoms with E-state index in [0.29, 0.717) is 16.6 Å². The van der Waals surface area contributed by atoms with E-state index in [2.05, 4.69) is 20.3 Å². The van der Waals surface area contributed by atoms with Crippen molar-refractivity contribution in [2.45, 2.75) is 0 Å². The van der Waals surface area contributed by atoms with Gasteiger partial charge in [0.25, 0.3) is 11.1 Å². The highest BCUT2D eigenvalue weighted by Crippen LogP contribution is 2.20. The molecule has 0 atom stereocenters. The molecule has 8 nitrogen and oxygen atoms in total. The molecule has 0 aliphatic rings. The van der Waals surface area contributed by atoms with Gasteiger partial charge in [0.05, 0.1) is 5.39 Å². The van der Waals surface area contributed by atoms with Crippen molar-refractivity contribution in [3.8, 4) is 0 Å². The van der Waals surface area contributed by atoms with E-state index < -0.39 is 0 Å². The van der Waals surface area contributed by atoms with Crippen LogP contribution in [0.15, 0.2) is 40.2 Å². The van der Waals surface area contributed by atoms with Gasteiger partial charge in [-0.1, -0.05) is 0 Å². The van der Waals surface area contributed by atoms with Crippen molar-refractivity contribution in [2.75, 3.05) is 11.1 Å². The van der Waals surface area contributed by atoms with Crippen LogP contribution in [0, 0.1) is 0 Å². The number of anilines is 3. The van der Waals surface area contributed by atoms with E-state index in [9.17, 15) is 9.59 Å². The summed E-state index contributed by atoms with van der Waals surface area (Å²) in [5.74, 6) is 0.759. The standard InChI is InChI=1S/C13H12N6O2/c1-19-5-3-7-6-8(16-11(14)10(7)12(19)21)17-13-15-4-2-9(20)18-13/h2-6H,1H3,(H4,14,15,16,17,18,20). The monoisotopic (exact) mass is 284 g/mol. The van der Waals surface area contributed by atoms with Gasteiger partial charge in [-0.3, -0.25) is 14.6 Å². The van der Waals surface area contributed by atoms with Crippen molar-refractivity contribution in [1.82, 2.24) is 19.5 Å². The van der Waals surface area contributed by atoms with Gasteiger partial charge >= 0.3 is 0 Å². The minimum atomic E-state index is -0.282. The van der Waals surface area contributed by atoms with Gasteiger partial charge in [-0.2, -0.15) is 0 Å². The Morgan fingerprint density at radius 2 is 2.14 bits per heavy atom. The molecule has 3 rings (SSSR count). The van der Waals surface area contributed by atoms with E-state index in [-0.39, 0.29) is 22.9 Å². The maximum atomic E-state index is 12.0. The molecule has 0 spiro atoms. The number of aromatic amines is 1. The van der Waals surface area contributed by atoms with Crippen LogP contribution in [-0.2, 0) is 7.05 Å². The van der Waals surface area contributed by atoms with Gasteiger partial charge in [-0.05, 0) is 17.5 Å². The van der Waals surface area contributed by atoms with Crippen LogP contribution in [-0.4, -0.2) is 19.5 Å². The van der Waals surface area contributed by atoms with Gasteiger partial charge in [-0.25, -0.2) is 9.97 Å². The molecule has 0 aliphatic carbocycles. The molecule has 106 valence electrons. The fourth-order valence-electron chi connectivity index (χ4n) is 2.00. The first-order valence-electron chi connectivity index (χ1n) is 6.13. The number of nitrogens with two attached hydrogens (primary N) is 1. The summed E-state index contributed by atoms with van der Waals surface area (Å²) < 4.78 is 1.43. The van der Waals surface area contributed by atoms with Gasteiger partial charge in [0.1, 0.15) is 11.6 Å². The molecule has 0 amide bonds. The molecule has 3 aromatic rings. The van der Waals surface area contributed by atoms with Crippen LogP contribution >= 0.6 is 0 Å². The summed E-state index contributed by atoms with van der Waals surface area (Å²) in [4.78, 5) is 33.8. The average molecular weight is 284 g/mol.